The molecule has 31 heavy (non-hydrogen) atoms. The van der Waals surface area contributed by atoms with E-state index in [0.29, 0.717) is 43.3 Å². The lowest BCUT2D eigenvalue weighted by Gasteiger charge is -2.37. The number of hydrogen-bond donors (Lipinski definition) is 0. The Morgan fingerprint density at radius 3 is 2.39 bits per heavy atom. The van der Waals surface area contributed by atoms with Crippen LogP contribution in [0.25, 0.3) is 11.4 Å². The number of carbonyl (C=O) groups is 1. The third kappa shape index (κ3) is 4.99. The van der Waals surface area contributed by atoms with Crippen molar-refractivity contribution in [1.29, 1.82) is 0 Å². The average Bonchev–Trinajstić information content (AvgIpc) is 2.78. The number of nitrogens with zero attached hydrogens (tertiary/aromatic N) is 4. The first kappa shape index (κ1) is 21.6. The highest BCUT2D eigenvalue weighted by Gasteiger charge is 2.31. The molecule has 5 nitrogen and oxygen atoms in total. The Morgan fingerprint density at radius 1 is 1.00 bits per heavy atom. The highest BCUT2D eigenvalue weighted by Crippen LogP contribution is 2.32. The summed E-state index contributed by atoms with van der Waals surface area (Å²) in [5.41, 5.74) is 0.315. The van der Waals surface area contributed by atoms with Crippen molar-refractivity contribution >= 4 is 11.7 Å². The number of alkyl halides is 3. The van der Waals surface area contributed by atoms with Crippen molar-refractivity contribution < 1.29 is 18.0 Å². The summed E-state index contributed by atoms with van der Waals surface area (Å²) in [7, 11) is 0. The molecule has 8 heteroatoms. The van der Waals surface area contributed by atoms with Gasteiger partial charge in [0.15, 0.2) is 5.82 Å². The van der Waals surface area contributed by atoms with E-state index in [1.54, 1.807) is 6.07 Å². The zero-order valence-electron chi connectivity index (χ0n) is 17.7. The highest BCUT2D eigenvalue weighted by atomic mass is 19.4. The second-order valence-electron chi connectivity index (χ2n) is 8.42. The fourth-order valence-electron chi connectivity index (χ4n) is 4.44. The molecule has 0 N–H and O–H groups in total. The molecule has 0 radical (unpaired) electrons. The van der Waals surface area contributed by atoms with Crippen molar-refractivity contribution in [1.82, 2.24) is 14.9 Å². The van der Waals surface area contributed by atoms with Gasteiger partial charge in [-0.15, -0.1) is 0 Å². The number of amides is 1. The lowest BCUT2D eigenvalue weighted by molar-refractivity contribution is -0.138. The van der Waals surface area contributed by atoms with Crippen LogP contribution in [0, 0.1) is 12.8 Å². The van der Waals surface area contributed by atoms with Crippen LogP contribution in [0.3, 0.4) is 0 Å². The van der Waals surface area contributed by atoms with Crippen molar-refractivity contribution in [2.75, 3.05) is 31.1 Å². The summed E-state index contributed by atoms with van der Waals surface area (Å²) in [6, 6.07) is 6.94. The topological polar surface area (TPSA) is 49.3 Å². The number of piperazine rings is 1. The Balaban J connectivity index is 1.48. The number of hydrogen-bond acceptors (Lipinski definition) is 4. The van der Waals surface area contributed by atoms with Crippen molar-refractivity contribution in [3.63, 3.8) is 0 Å². The van der Waals surface area contributed by atoms with Crippen LogP contribution in [0.1, 0.15) is 43.4 Å². The molecule has 2 fully saturated rings. The molecule has 2 heterocycles. The smallest absolute Gasteiger partial charge is 0.353 e. The molecule has 1 saturated carbocycles. The normalized spacial score (nSPS) is 18.3. The third-order valence-electron chi connectivity index (χ3n) is 6.16. The molecule has 4 rings (SSSR count). The maximum Gasteiger partial charge on any atom is 0.416 e. The molecule has 0 bridgehead atoms. The van der Waals surface area contributed by atoms with Gasteiger partial charge in [-0.2, -0.15) is 13.2 Å². The van der Waals surface area contributed by atoms with Gasteiger partial charge < -0.3 is 9.80 Å². The number of aryl methyl sites for hydroxylation is 1. The molecule has 166 valence electrons. The molecular weight excluding hydrogens is 405 g/mol. The Kier molecular flexibility index (Phi) is 6.16. The minimum Gasteiger partial charge on any atom is -0.353 e. The zero-order valence-corrected chi connectivity index (χ0v) is 17.7. The number of benzene rings is 1. The summed E-state index contributed by atoms with van der Waals surface area (Å²) >= 11 is 0. The minimum absolute atomic E-state index is 0.161. The van der Waals surface area contributed by atoms with Gasteiger partial charge >= 0.3 is 6.18 Å². The molecule has 1 aliphatic heterocycles. The predicted molar refractivity (Wildman–Crippen MR) is 113 cm³/mol. The van der Waals surface area contributed by atoms with Gasteiger partial charge in [0.2, 0.25) is 5.91 Å². The second-order valence-corrected chi connectivity index (χ2v) is 8.42. The van der Waals surface area contributed by atoms with E-state index in [9.17, 15) is 18.0 Å². The first-order valence-electron chi connectivity index (χ1n) is 10.9. The van der Waals surface area contributed by atoms with E-state index in [0.717, 1.165) is 37.8 Å². The van der Waals surface area contributed by atoms with E-state index in [-0.39, 0.29) is 17.6 Å². The number of rotatable bonds is 3. The molecule has 2 aromatic rings. The standard InChI is InChI=1S/C23H27F3N4O/c1-16-14-20(28-21(27-16)18-8-5-9-19(15-18)23(24,25)26)29-10-12-30(13-11-29)22(31)17-6-3-2-4-7-17/h5,8-9,14-15,17H,2-4,6-7,10-13H2,1H3. The fraction of sp³-hybridized carbons (Fsp3) is 0.522. The lowest BCUT2D eigenvalue weighted by Crippen LogP contribution is -2.50. The minimum atomic E-state index is -4.41. The number of anilines is 1. The van der Waals surface area contributed by atoms with Crippen LogP contribution in [-0.2, 0) is 11.0 Å². The van der Waals surface area contributed by atoms with E-state index < -0.39 is 11.7 Å². The summed E-state index contributed by atoms with van der Waals surface area (Å²) in [6.07, 6.45) is 1.06. The van der Waals surface area contributed by atoms with Crippen LogP contribution >= 0.6 is 0 Å². The van der Waals surface area contributed by atoms with E-state index in [1.807, 2.05) is 17.9 Å². The monoisotopic (exact) mass is 432 g/mol. The molecule has 1 aliphatic carbocycles. The quantitative estimate of drug-likeness (QED) is 0.706. The third-order valence-corrected chi connectivity index (χ3v) is 6.16. The summed E-state index contributed by atoms with van der Waals surface area (Å²) in [5, 5.41) is 0. The Bertz CT molecular complexity index is 933. The molecular formula is C23H27F3N4O. The van der Waals surface area contributed by atoms with Gasteiger partial charge in [-0.1, -0.05) is 31.4 Å². The van der Waals surface area contributed by atoms with Crippen LogP contribution in [0.4, 0.5) is 19.0 Å². The average molecular weight is 432 g/mol. The molecule has 0 atom stereocenters. The van der Waals surface area contributed by atoms with Gasteiger partial charge in [0.05, 0.1) is 5.56 Å². The zero-order chi connectivity index (χ0) is 22.0. The number of carbonyl (C=O) groups excluding carboxylic acids is 1. The molecule has 0 unspecified atom stereocenters. The van der Waals surface area contributed by atoms with Crippen molar-refractivity contribution in [2.45, 2.75) is 45.2 Å². The number of halogens is 3. The summed E-state index contributed by atoms with van der Waals surface area (Å²) < 4.78 is 39.3. The van der Waals surface area contributed by atoms with Gasteiger partial charge in [-0.05, 0) is 31.9 Å². The lowest BCUT2D eigenvalue weighted by atomic mass is 9.88. The van der Waals surface area contributed by atoms with E-state index in [4.69, 9.17) is 0 Å². The maximum absolute atomic E-state index is 13.1. The van der Waals surface area contributed by atoms with Crippen molar-refractivity contribution in [2.24, 2.45) is 5.92 Å². The molecule has 0 spiro atoms. The summed E-state index contributed by atoms with van der Waals surface area (Å²) in [6.45, 7) is 4.38. The second kappa shape index (κ2) is 8.85. The molecule has 1 saturated heterocycles. The van der Waals surface area contributed by atoms with Gasteiger partial charge in [0.25, 0.3) is 0 Å². The predicted octanol–water partition coefficient (Wildman–Crippen LogP) is 4.70. The maximum atomic E-state index is 13.1. The van der Waals surface area contributed by atoms with Crippen molar-refractivity contribution in [3.8, 4) is 11.4 Å². The van der Waals surface area contributed by atoms with Gasteiger partial charge in [-0.3, -0.25) is 4.79 Å². The summed E-state index contributed by atoms with van der Waals surface area (Å²) in [4.78, 5) is 25.7. The van der Waals surface area contributed by atoms with Crippen LogP contribution < -0.4 is 4.90 Å². The van der Waals surface area contributed by atoms with Crippen LogP contribution in [0.5, 0.6) is 0 Å². The van der Waals surface area contributed by atoms with Gasteiger partial charge in [-0.25, -0.2) is 9.97 Å². The van der Waals surface area contributed by atoms with E-state index >= 15 is 0 Å². The number of aromatic nitrogens is 2. The Labute approximate surface area is 180 Å². The first-order chi connectivity index (χ1) is 14.8. The molecule has 2 aliphatic rings. The van der Waals surface area contributed by atoms with E-state index in [1.165, 1.54) is 12.5 Å². The van der Waals surface area contributed by atoms with E-state index in [2.05, 4.69) is 14.9 Å². The molecule has 1 aromatic carbocycles. The molecule has 1 aromatic heterocycles. The van der Waals surface area contributed by atoms with Crippen molar-refractivity contribution in [3.05, 3.63) is 41.6 Å². The largest absolute Gasteiger partial charge is 0.416 e. The van der Waals surface area contributed by atoms with Crippen LogP contribution in [-0.4, -0.2) is 47.0 Å². The summed E-state index contributed by atoms with van der Waals surface area (Å²) in [5.74, 6) is 1.39. The SMILES string of the molecule is Cc1cc(N2CCN(C(=O)C3CCCCC3)CC2)nc(-c2cccc(C(F)(F)F)c2)n1. The Hall–Kier alpha value is -2.64. The van der Waals surface area contributed by atoms with Crippen LogP contribution in [0.15, 0.2) is 30.3 Å². The van der Waals surface area contributed by atoms with Crippen LogP contribution in [0.2, 0.25) is 0 Å². The van der Waals surface area contributed by atoms with Gasteiger partial charge in [0, 0.05) is 49.4 Å². The first-order valence-corrected chi connectivity index (χ1v) is 10.9. The highest BCUT2D eigenvalue weighted by molar-refractivity contribution is 5.79. The molecule has 1 amide bonds. The van der Waals surface area contributed by atoms with Gasteiger partial charge in [0.1, 0.15) is 5.82 Å². The Morgan fingerprint density at radius 2 is 1.71 bits per heavy atom. The fourth-order valence-corrected chi connectivity index (χ4v) is 4.44.